The van der Waals surface area contributed by atoms with Gasteiger partial charge in [0.05, 0.1) is 13.1 Å². The Bertz CT molecular complexity index is 957. The lowest BCUT2D eigenvalue weighted by molar-refractivity contribution is 0.563. The van der Waals surface area contributed by atoms with Crippen LogP contribution in [0.4, 0.5) is 11.4 Å². The highest BCUT2D eigenvalue weighted by molar-refractivity contribution is 5.56. The van der Waals surface area contributed by atoms with Crippen molar-refractivity contribution in [1.82, 2.24) is 0 Å². The van der Waals surface area contributed by atoms with Gasteiger partial charge in [-0.25, -0.2) is 19.9 Å². The van der Waals surface area contributed by atoms with Gasteiger partial charge < -0.3 is 0 Å². The summed E-state index contributed by atoms with van der Waals surface area (Å²) in [5.74, 6) is 0. The summed E-state index contributed by atoms with van der Waals surface area (Å²) in [7, 11) is 0. The molecule has 0 aromatic heterocycles. The minimum absolute atomic E-state index is 0.703. The first-order valence-electron chi connectivity index (χ1n) is 8.24. The van der Waals surface area contributed by atoms with E-state index in [0.29, 0.717) is 11.4 Å². The molecule has 0 unspecified atom stereocenters. The Labute approximate surface area is 158 Å². The zero-order valence-electron chi connectivity index (χ0n) is 14.6. The van der Waals surface area contributed by atoms with Crippen molar-refractivity contribution < 1.29 is 4.79 Å². The molecule has 0 heterocycles. The second kappa shape index (κ2) is 10.1. The van der Waals surface area contributed by atoms with Crippen LogP contribution in [0.3, 0.4) is 0 Å². The molecular formula is C23H17N3O. The average molecular weight is 351 g/mol. The average Bonchev–Trinajstić information content (AvgIpc) is 2.71. The van der Waals surface area contributed by atoms with Crippen LogP contribution in [0.25, 0.3) is 9.69 Å². The lowest BCUT2D eigenvalue weighted by Gasteiger charge is -2.12. The summed E-state index contributed by atoms with van der Waals surface area (Å²) >= 11 is 0. The number of hydrogen-bond acceptors (Lipinski definition) is 2. The van der Waals surface area contributed by atoms with Crippen molar-refractivity contribution in [3.8, 4) is 0 Å². The molecule has 0 atom stereocenters. The summed E-state index contributed by atoms with van der Waals surface area (Å²) in [4.78, 5) is 15.6. The highest BCUT2D eigenvalue weighted by Crippen LogP contribution is 2.27. The molecule has 27 heavy (non-hydrogen) atoms. The van der Waals surface area contributed by atoms with Crippen LogP contribution in [0.5, 0.6) is 0 Å². The van der Waals surface area contributed by atoms with E-state index in [9.17, 15) is 0 Å². The van der Waals surface area contributed by atoms with Gasteiger partial charge in [0, 0.05) is 0 Å². The summed E-state index contributed by atoms with van der Waals surface area (Å²) in [5, 5.41) is 5.40. The zero-order valence-corrected chi connectivity index (χ0v) is 14.6. The first kappa shape index (κ1) is 19.3. The van der Waals surface area contributed by atoms with Crippen LogP contribution in [0.1, 0.15) is 22.3 Å². The number of rotatable bonds is 4. The smallest absolute Gasteiger partial charge is 0.231 e. The van der Waals surface area contributed by atoms with Gasteiger partial charge in [0.15, 0.2) is 11.4 Å². The third kappa shape index (κ3) is 5.25. The molecule has 3 aromatic rings. The van der Waals surface area contributed by atoms with E-state index in [0.717, 1.165) is 30.0 Å². The molecule has 0 aliphatic rings. The van der Waals surface area contributed by atoms with Crippen molar-refractivity contribution in [2.75, 3.05) is 0 Å². The minimum atomic E-state index is 0.703. The van der Waals surface area contributed by atoms with Crippen molar-refractivity contribution in [2.45, 2.75) is 12.8 Å². The highest BCUT2D eigenvalue weighted by atomic mass is 16.1. The van der Waals surface area contributed by atoms with Crippen LogP contribution in [0.15, 0.2) is 72.8 Å². The summed E-state index contributed by atoms with van der Waals surface area (Å²) in [6.07, 6.45) is 2.21. The number of para-hydroxylation sites is 2. The van der Waals surface area contributed by atoms with Crippen LogP contribution in [-0.4, -0.2) is 6.08 Å². The van der Waals surface area contributed by atoms with E-state index in [1.165, 1.54) is 11.1 Å². The van der Waals surface area contributed by atoms with E-state index in [2.05, 4.69) is 21.8 Å². The van der Waals surface area contributed by atoms with E-state index < -0.39 is 0 Å². The molecular weight excluding hydrogens is 334 g/mol. The Morgan fingerprint density at radius 3 is 1.30 bits per heavy atom. The number of benzene rings is 3. The van der Waals surface area contributed by atoms with Gasteiger partial charge in [-0.15, -0.1) is 0 Å². The summed E-state index contributed by atoms with van der Waals surface area (Å²) < 4.78 is 0. The second-order valence-electron chi connectivity index (χ2n) is 5.71. The minimum Gasteiger partial charge on any atom is -0.238 e. The molecule has 0 aliphatic carbocycles. The summed E-state index contributed by atoms with van der Waals surface area (Å²) in [6.45, 7) is 14.7. The molecule has 4 nitrogen and oxygen atoms in total. The largest absolute Gasteiger partial charge is 0.238 e. The van der Waals surface area contributed by atoms with Crippen LogP contribution >= 0.6 is 0 Å². The molecule has 4 heteroatoms. The first-order chi connectivity index (χ1) is 13.2. The third-order valence-electron chi connectivity index (χ3n) is 4.10. The van der Waals surface area contributed by atoms with Crippen molar-refractivity contribution in [1.29, 1.82) is 5.41 Å². The molecule has 3 aromatic carbocycles. The molecule has 0 bridgehead atoms. The van der Waals surface area contributed by atoms with E-state index in [-0.39, 0.29) is 0 Å². The molecule has 0 fully saturated rings. The number of carbonyl (C=O) groups excluding carboxylic acids is 1. The molecule has 3 rings (SSSR count). The van der Waals surface area contributed by atoms with Crippen molar-refractivity contribution in [3.05, 3.63) is 118 Å². The predicted molar refractivity (Wildman–Crippen MR) is 106 cm³/mol. The highest BCUT2D eigenvalue weighted by Gasteiger charge is 2.09. The summed E-state index contributed by atoms with van der Waals surface area (Å²) in [6, 6.07) is 23.8. The molecule has 1 N–H and O–H groups in total. The van der Waals surface area contributed by atoms with Crippen LogP contribution in [-0.2, 0) is 17.6 Å². The second-order valence-corrected chi connectivity index (χ2v) is 5.71. The SMILES string of the molecule is N=C=O.[C-]#[N+]c1ccccc1Cc1ccccc1Cc1ccccc1[N+]#[C-]. The predicted octanol–water partition coefficient (Wildman–Crippen LogP) is 5.87. The molecule has 0 spiro atoms. The Kier molecular flexibility index (Phi) is 7.24. The van der Waals surface area contributed by atoms with Gasteiger partial charge in [-0.1, -0.05) is 72.8 Å². The normalized spacial score (nSPS) is 9.11. The van der Waals surface area contributed by atoms with Crippen molar-refractivity contribution in [2.24, 2.45) is 0 Å². The lowest BCUT2D eigenvalue weighted by atomic mass is 9.94. The third-order valence-corrected chi connectivity index (χ3v) is 4.10. The Hall–Kier alpha value is -3.98. The van der Waals surface area contributed by atoms with Gasteiger partial charge in [0.25, 0.3) is 0 Å². The molecule has 0 radical (unpaired) electrons. The van der Waals surface area contributed by atoms with E-state index in [4.69, 9.17) is 23.3 Å². The molecule has 0 saturated heterocycles. The van der Waals surface area contributed by atoms with Gasteiger partial charge >= 0.3 is 0 Å². The maximum absolute atomic E-state index is 8.35. The molecule has 0 amide bonds. The maximum Gasteiger partial charge on any atom is 0.231 e. The van der Waals surface area contributed by atoms with Gasteiger partial charge in [-0.3, -0.25) is 0 Å². The van der Waals surface area contributed by atoms with Crippen molar-refractivity contribution in [3.63, 3.8) is 0 Å². The summed E-state index contributed by atoms with van der Waals surface area (Å²) in [5.41, 5.74) is 5.89. The zero-order chi connectivity index (χ0) is 19.5. The van der Waals surface area contributed by atoms with Gasteiger partial charge in [-0.05, 0) is 35.1 Å². The number of nitrogens with zero attached hydrogens (tertiary/aromatic N) is 2. The van der Waals surface area contributed by atoms with Crippen molar-refractivity contribution >= 4 is 17.5 Å². The fourth-order valence-corrected chi connectivity index (χ4v) is 2.85. The van der Waals surface area contributed by atoms with Crippen LogP contribution in [0.2, 0.25) is 0 Å². The lowest BCUT2D eigenvalue weighted by Crippen LogP contribution is -1.97. The number of hydrogen-bond donors (Lipinski definition) is 1. The van der Waals surface area contributed by atoms with Gasteiger partial charge in [0.1, 0.15) is 0 Å². The van der Waals surface area contributed by atoms with Gasteiger partial charge in [0.2, 0.25) is 6.08 Å². The molecule has 0 aliphatic heterocycles. The monoisotopic (exact) mass is 351 g/mol. The standard InChI is InChI=1S/C22H16N2.CHNO/c1-23-21-13-7-5-11-19(21)15-17-9-3-4-10-18(17)16-20-12-6-8-14-22(20)24-2;2-1-3/h3-14H,15-16H2;2H. The fourth-order valence-electron chi connectivity index (χ4n) is 2.85. The Balaban J connectivity index is 0.000000817. The fraction of sp³-hybridized carbons (Fsp3) is 0.0870. The maximum atomic E-state index is 8.35. The van der Waals surface area contributed by atoms with Crippen LogP contribution in [0, 0.1) is 18.6 Å². The number of nitrogens with one attached hydrogen (secondary N) is 1. The van der Waals surface area contributed by atoms with E-state index >= 15 is 0 Å². The number of isocyanates is 1. The van der Waals surface area contributed by atoms with Crippen LogP contribution < -0.4 is 0 Å². The van der Waals surface area contributed by atoms with E-state index in [1.807, 2.05) is 60.7 Å². The first-order valence-corrected chi connectivity index (χ1v) is 8.24. The van der Waals surface area contributed by atoms with Gasteiger partial charge in [-0.2, -0.15) is 0 Å². The Morgan fingerprint density at radius 1 is 0.667 bits per heavy atom. The van der Waals surface area contributed by atoms with E-state index in [1.54, 1.807) is 0 Å². The molecule has 0 saturated carbocycles. The molecule has 130 valence electrons. The Morgan fingerprint density at radius 2 is 0.963 bits per heavy atom. The topological polar surface area (TPSA) is 49.6 Å². The quantitative estimate of drug-likeness (QED) is 0.357.